The van der Waals surface area contributed by atoms with Crippen LogP contribution in [0.1, 0.15) is 11.1 Å². The first-order valence-corrected chi connectivity index (χ1v) is 4.99. The van der Waals surface area contributed by atoms with E-state index in [2.05, 4.69) is 15.0 Å². The highest BCUT2D eigenvalue weighted by atomic mass is 15.0. The van der Waals surface area contributed by atoms with E-state index in [0.717, 1.165) is 16.7 Å². The van der Waals surface area contributed by atoms with Crippen LogP contribution in [-0.2, 0) is 13.1 Å². The van der Waals surface area contributed by atoms with Gasteiger partial charge in [0, 0.05) is 18.7 Å². The number of benzene rings is 1. The maximum atomic E-state index is 5.70. The van der Waals surface area contributed by atoms with Gasteiger partial charge in [-0.3, -0.25) is 0 Å². The zero-order chi connectivity index (χ0) is 11.4. The molecule has 0 bridgehead atoms. The van der Waals surface area contributed by atoms with E-state index in [1.165, 1.54) is 12.7 Å². The topological polar surface area (TPSA) is 90.7 Å². The van der Waals surface area contributed by atoms with Gasteiger partial charge in [0.25, 0.3) is 0 Å². The largest absolute Gasteiger partial charge is 0.326 e. The molecular formula is C11H13N5. The standard InChI is InChI=1S/C11H13N5/c12-4-8-1-2-10(9(3-8)5-13)11-15-6-14-7-16-11/h1-3,6-7H,4-5,12-13H2. The van der Waals surface area contributed by atoms with Crippen LogP contribution in [0, 0.1) is 0 Å². The Morgan fingerprint density at radius 3 is 2.38 bits per heavy atom. The second-order valence-corrected chi connectivity index (χ2v) is 3.36. The maximum Gasteiger partial charge on any atom is 0.162 e. The van der Waals surface area contributed by atoms with E-state index >= 15 is 0 Å². The molecule has 1 aromatic carbocycles. The summed E-state index contributed by atoms with van der Waals surface area (Å²) in [6, 6.07) is 5.89. The van der Waals surface area contributed by atoms with Gasteiger partial charge in [-0.15, -0.1) is 0 Å². The summed E-state index contributed by atoms with van der Waals surface area (Å²) in [5.41, 5.74) is 14.3. The highest BCUT2D eigenvalue weighted by Crippen LogP contribution is 2.20. The van der Waals surface area contributed by atoms with Crippen LogP contribution in [0.5, 0.6) is 0 Å². The molecule has 0 aliphatic rings. The normalized spacial score (nSPS) is 10.4. The van der Waals surface area contributed by atoms with E-state index in [1.54, 1.807) is 0 Å². The fraction of sp³-hybridized carbons (Fsp3) is 0.182. The summed E-state index contributed by atoms with van der Waals surface area (Å²) in [5.74, 6) is 0.638. The summed E-state index contributed by atoms with van der Waals surface area (Å²) >= 11 is 0. The fourth-order valence-corrected chi connectivity index (χ4v) is 1.54. The third-order valence-corrected chi connectivity index (χ3v) is 2.36. The third-order valence-electron chi connectivity index (χ3n) is 2.36. The average Bonchev–Trinajstić information content (AvgIpc) is 2.39. The molecule has 0 atom stereocenters. The SMILES string of the molecule is NCc1ccc(-c2ncncn2)c(CN)c1. The summed E-state index contributed by atoms with van der Waals surface area (Å²) in [4.78, 5) is 12.0. The maximum absolute atomic E-state index is 5.70. The summed E-state index contributed by atoms with van der Waals surface area (Å²) in [6.45, 7) is 0.944. The van der Waals surface area contributed by atoms with E-state index in [-0.39, 0.29) is 0 Å². The summed E-state index contributed by atoms with van der Waals surface area (Å²) < 4.78 is 0. The second kappa shape index (κ2) is 4.78. The number of hydrogen-bond acceptors (Lipinski definition) is 5. The minimum absolute atomic E-state index is 0.439. The average molecular weight is 215 g/mol. The fourth-order valence-electron chi connectivity index (χ4n) is 1.54. The Balaban J connectivity index is 2.49. The molecule has 0 saturated heterocycles. The monoisotopic (exact) mass is 215 g/mol. The Morgan fingerprint density at radius 2 is 1.75 bits per heavy atom. The van der Waals surface area contributed by atoms with Gasteiger partial charge in [0.1, 0.15) is 12.7 Å². The Bertz CT molecular complexity index is 469. The van der Waals surface area contributed by atoms with E-state index in [4.69, 9.17) is 11.5 Å². The Kier molecular flexibility index (Phi) is 3.19. The molecule has 0 unspecified atom stereocenters. The van der Waals surface area contributed by atoms with E-state index in [9.17, 15) is 0 Å². The summed E-state index contributed by atoms with van der Waals surface area (Å²) in [7, 11) is 0. The van der Waals surface area contributed by atoms with Gasteiger partial charge in [-0.05, 0) is 11.1 Å². The Morgan fingerprint density at radius 1 is 1.00 bits per heavy atom. The van der Waals surface area contributed by atoms with Crippen molar-refractivity contribution in [2.45, 2.75) is 13.1 Å². The predicted molar refractivity (Wildman–Crippen MR) is 61.0 cm³/mol. The lowest BCUT2D eigenvalue weighted by Crippen LogP contribution is -2.04. The summed E-state index contributed by atoms with van der Waals surface area (Å²) in [6.07, 6.45) is 2.94. The molecule has 2 rings (SSSR count). The number of nitrogens with zero attached hydrogens (tertiary/aromatic N) is 3. The van der Waals surface area contributed by atoms with Gasteiger partial charge in [-0.25, -0.2) is 15.0 Å². The quantitative estimate of drug-likeness (QED) is 0.776. The van der Waals surface area contributed by atoms with Crippen LogP contribution < -0.4 is 11.5 Å². The predicted octanol–water partition coefficient (Wildman–Crippen LogP) is 0.456. The van der Waals surface area contributed by atoms with Gasteiger partial charge in [0.05, 0.1) is 0 Å². The molecule has 5 heteroatoms. The van der Waals surface area contributed by atoms with Crippen LogP contribution in [0.3, 0.4) is 0 Å². The lowest BCUT2D eigenvalue weighted by atomic mass is 10.0. The molecule has 16 heavy (non-hydrogen) atoms. The first-order chi connectivity index (χ1) is 7.85. The zero-order valence-electron chi connectivity index (χ0n) is 8.80. The van der Waals surface area contributed by atoms with E-state index < -0.39 is 0 Å². The minimum atomic E-state index is 0.439. The Hall–Kier alpha value is -1.85. The van der Waals surface area contributed by atoms with E-state index in [1.807, 2.05) is 18.2 Å². The number of aromatic nitrogens is 3. The molecule has 0 amide bonds. The van der Waals surface area contributed by atoms with Gasteiger partial charge < -0.3 is 11.5 Å². The Labute approximate surface area is 93.6 Å². The second-order valence-electron chi connectivity index (χ2n) is 3.36. The van der Waals surface area contributed by atoms with Gasteiger partial charge in [0.2, 0.25) is 0 Å². The molecule has 4 N–H and O–H groups in total. The molecule has 82 valence electrons. The van der Waals surface area contributed by atoms with Crippen LogP contribution in [0.2, 0.25) is 0 Å². The lowest BCUT2D eigenvalue weighted by Gasteiger charge is -2.07. The van der Waals surface area contributed by atoms with Crippen molar-refractivity contribution in [3.05, 3.63) is 42.0 Å². The lowest BCUT2D eigenvalue weighted by molar-refractivity contribution is 1.01. The molecule has 1 aromatic heterocycles. The van der Waals surface area contributed by atoms with Crippen molar-refractivity contribution in [2.24, 2.45) is 11.5 Å². The van der Waals surface area contributed by atoms with E-state index in [0.29, 0.717) is 18.9 Å². The van der Waals surface area contributed by atoms with Crippen molar-refractivity contribution in [1.82, 2.24) is 15.0 Å². The molecule has 0 radical (unpaired) electrons. The van der Waals surface area contributed by atoms with Gasteiger partial charge in [-0.2, -0.15) is 0 Å². The van der Waals surface area contributed by atoms with Crippen molar-refractivity contribution in [1.29, 1.82) is 0 Å². The first kappa shape index (κ1) is 10.7. The van der Waals surface area contributed by atoms with Gasteiger partial charge in [-0.1, -0.05) is 18.2 Å². The number of hydrogen-bond donors (Lipinski definition) is 2. The molecule has 0 spiro atoms. The van der Waals surface area contributed by atoms with Crippen LogP contribution in [0.15, 0.2) is 30.9 Å². The van der Waals surface area contributed by atoms with Crippen molar-refractivity contribution >= 4 is 0 Å². The number of nitrogens with two attached hydrogens (primary N) is 2. The first-order valence-electron chi connectivity index (χ1n) is 4.99. The van der Waals surface area contributed by atoms with Crippen LogP contribution in [0.25, 0.3) is 11.4 Å². The molecule has 5 nitrogen and oxygen atoms in total. The third kappa shape index (κ3) is 2.05. The highest BCUT2D eigenvalue weighted by molar-refractivity contribution is 5.60. The molecule has 2 aromatic rings. The molecular weight excluding hydrogens is 202 g/mol. The number of rotatable bonds is 3. The van der Waals surface area contributed by atoms with Crippen molar-refractivity contribution in [3.8, 4) is 11.4 Å². The van der Waals surface area contributed by atoms with Crippen LogP contribution >= 0.6 is 0 Å². The highest BCUT2D eigenvalue weighted by Gasteiger charge is 2.06. The van der Waals surface area contributed by atoms with Crippen LogP contribution in [0.4, 0.5) is 0 Å². The molecule has 0 aliphatic heterocycles. The van der Waals surface area contributed by atoms with Crippen molar-refractivity contribution in [3.63, 3.8) is 0 Å². The summed E-state index contributed by atoms with van der Waals surface area (Å²) in [5, 5.41) is 0. The van der Waals surface area contributed by atoms with Crippen LogP contribution in [-0.4, -0.2) is 15.0 Å². The molecule has 0 fully saturated rings. The molecule has 1 heterocycles. The van der Waals surface area contributed by atoms with Crippen molar-refractivity contribution < 1.29 is 0 Å². The van der Waals surface area contributed by atoms with Gasteiger partial charge in [0.15, 0.2) is 5.82 Å². The molecule has 0 saturated carbocycles. The minimum Gasteiger partial charge on any atom is -0.326 e. The van der Waals surface area contributed by atoms with Crippen molar-refractivity contribution in [2.75, 3.05) is 0 Å². The smallest absolute Gasteiger partial charge is 0.162 e. The molecule has 0 aliphatic carbocycles. The zero-order valence-corrected chi connectivity index (χ0v) is 8.80. The van der Waals surface area contributed by atoms with Gasteiger partial charge >= 0.3 is 0 Å².